The molecule has 2 rings (SSSR count). The summed E-state index contributed by atoms with van der Waals surface area (Å²) < 4.78 is 22.5. The molecule has 98 valence electrons. The lowest BCUT2D eigenvalue weighted by atomic mass is 10.1. The van der Waals surface area contributed by atoms with Gasteiger partial charge in [0.25, 0.3) is 0 Å². The molecule has 1 aliphatic heterocycles. The summed E-state index contributed by atoms with van der Waals surface area (Å²) in [5.41, 5.74) is 0.730. The molecule has 1 amide bonds. The first kappa shape index (κ1) is 12.9. The van der Waals surface area contributed by atoms with Gasteiger partial charge in [0.2, 0.25) is 5.91 Å². The molecule has 5 nitrogen and oxygen atoms in total. The van der Waals surface area contributed by atoms with Crippen LogP contribution in [0.3, 0.4) is 0 Å². The highest BCUT2D eigenvalue weighted by Gasteiger charge is 2.24. The van der Waals surface area contributed by atoms with Gasteiger partial charge in [-0.15, -0.1) is 0 Å². The third-order valence-corrected chi connectivity index (χ3v) is 4.57. The van der Waals surface area contributed by atoms with Gasteiger partial charge >= 0.3 is 0 Å². The maximum absolute atomic E-state index is 11.9. The van der Waals surface area contributed by atoms with Crippen molar-refractivity contribution in [2.75, 3.05) is 24.6 Å². The van der Waals surface area contributed by atoms with E-state index >= 15 is 0 Å². The van der Waals surface area contributed by atoms with Gasteiger partial charge in [0, 0.05) is 13.1 Å². The van der Waals surface area contributed by atoms with Gasteiger partial charge in [-0.25, -0.2) is 8.42 Å². The molecule has 0 atom stereocenters. The Labute approximate surface area is 106 Å². The Kier molecular flexibility index (Phi) is 3.56. The fraction of sp³-hybridized carbons (Fsp3) is 0.417. The first-order valence-electron chi connectivity index (χ1n) is 5.72. The molecule has 6 heteroatoms. The zero-order chi connectivity index (χ0) is 13.2. The highest BCUT2D eigenvalue weighted by molar-refractivity contribution is 7.91. The number of phenolic OH excluding ortho intramolecular Hbond substituents is 1. The van der Waals surface area contributed by atoms with Gasteiger partial charge in [0.05, 0.1) is 17.9 Å². The predicted octanol–water partition coefficient (Wildman–Crippen LogP) is 0.192. The van der Waals surface area contributed by atoms with Gasteiger partial charge < -0.3 is 10.0 Å². The highest BCUT2D eigenvalue weighted by Crippen LogP contribution is 2.13. The van der Waals surface area contributed by atoms with Crippen molar-refractivity contribution in [3.63, 3.8) is 0 Å². The smallest absolute Gasteiger partial charge is 0.227 e. The van der Waals surface area contributed by atoms with Crippen LogP contribution in [0.5, 0.6) is 5.75 Å². The maximum Gasteiger partial charge on any atom is 0.227 e. The van der Waals surface area contributed by atoms with Crippen molar-refractivity contribution < 1.29 is 18.3 Å². The number of benzene rings is 1. The van der Waals surface area contributed by atoms with Crippen LogP contribution in [-0.2, 0) is 21.1 Å². The van der Waals surface area contributed by atoms with Crippen molar-refractivity contribution in [1.82, 2.24) is 4.90 Å². The van der Waals surface area contributed by atoms with Crippen molar-refractivity contribution in [3.05, 3.63) is 29.8 Å². The largest absolute Gasteiger partial charge is 0.508 e. The molecule has 1 heterocycles. The van der Waals surface area contributed by atoms with E-state index in [-0.39, 0.29) is 42.7 Å². The maximum atomic E-state index is 11.9. The lowest BCUT2D eigenvalue weighted by Crippen LogP contribution is -2.44. The number of rotatable bonds is 2. The van der Waals surface area contributed by atoms with Crippen LogP contribution in [0.2, 0.25) is 0 Å². The Morgan fingerprint density at radius 3 is 2.56 bits per heavy atom. The lowest BCUT2D eigenvalue weighted by molar-refractivity contribution is -0.130. The number of aromatic hydroxyl groups is 1. The van der Waals surface area contributed by atoms with Crippen LogP contribution in [0.15, 0.2) is 24.3 Å². The molecule has 0 aromatic heterocycles. The van der Waals surface area contributed by atoms with Gasteiger partial charge in [-0.2, -0.15) is 0 Å². The number of amides is 1. The van der Waals surface area contributed by atoms with Crippen LogP contribution in [0.4, 0.5) is 0 Å². The number of phenols is 1. The zero-order valence-corrected chi connectivity index (χ0v) is 10.7. The molecular formula is C12H15NO4S. The highest BCUT2D eigenvalue weighted by atomic mass is 32.2. The topological polar surface area (TPSA) is 74.7 Å². The van der Waals surface area contributed by atoms with E-state index in [0.717, 1.165) is 5.56 Å². The minimum absolute atomic E-state index is 0.0405. The first-order valence-corrected chi connectivity index (χ1v) is 7.54. The van der Waals surface area contributed by atoms with E-state index in [2.05, 4.69) is 0 Å². The van der Waals surface area contributed by atoms with Gasteiger partial charge in [0.15, 0.2) is 9.84 Å². The summed E-state index contributed by atoms with van der Waals surface area (Å²) in [6.07, 6.45) is 0.189. The third-order valence-electron chi connectivity index (χ3n) is 2.96. The second-order valence-electron chi connectivity index (χ2n) is 4.38. The fourth-order valence-electron chi connectivity index (χ4n) is 1.91. The molecule has 1 fully saturated rings. The summed E-state index contributed by atoms with van der Waals surface area (Å²) in [7, 11) is -2.96. The van der Waals surface area contributed by atoms with E-state index in [9.17, 15) is 18.3 Å². The van der Waals surface area contributed by atoms with Crippen LogP contribution >= 0.6 is 0 Å². The molecular weight excluding hydrogens is 254 g/mol. The van der Waals surface area contributed by atoms with E-state index in [0.29, 0.717) is 0 Å². The van der Waals surface area contributed by atoms with Crippen LogP contribution in [0.25, 0.3) is 0 Å². The molecule has 0 radical (unpaired) electrons. The summed E-state index contributed by atoms with van der Waals surface area (Å²) in [6.45, 7) is 0.528. The minimum Gasteiger partial charge on any atom is -0.508 e. The average Bonchev–Trinajstić information content (AvgIpc) is 2.28. The molecule has 0 aliphatic carbocycles. The second kappa shape index (κ2) is 4.97. The standard InChI is InChI=1S/C12H15NO4S/c14-11-3-1-2-10(8-11)9-12(15)13-4-6-18(16,17)7-5-13/h1-3,8,14H,4-7,9H2. The Hall–Kier alpha value is -1.56. The zero-order valence-electron chi connectivity index (χ0n) is 9.87. The Bertz CT molecular complexity index is 539. The monoisotopic (exact) mass is 269 g/mol. The number of nitrogens with zero attached hydrogens (tertiary/aromatic N) is 1. The Morgan fingerprint density at radius 1 is 1.28 bits per heavy atom. The molecule has 18 heavy (non-hydrogen) atoms. The van der Waals surface area contributed by atoms with E-state index in [1.165, 1.54) is 0 Å². The predicted molar refractivity (Wildman–Crippen MR) is 67.0 cm³/mol. The lowest BCUT2D eigenvalue weighted by Gasteiger charge is -2.26. The molecule has 1 aliphatic rings. The normalized spacial score (nSPS) is 18.6. The van der Waals surface area contributed by atoms with Crippen molar-refractivity contribution in [1.29, 1.82) is 0 Å². The molecule has 0 bridgehead atoms. The number of hydrogen-bond acceptors (Lipinski definition) is 4. The molecule has 1 N–H and O–H groups in total. The van der Waals surface area contributed by atoms with E-state index in [1.807, 2.05) is 0 Å². The van der Waals surface area contributed by atoms with Crippen molar-refractivity contribution in [3.8, 4) is 5.75 Å². The Morgan fingerprint density at radius 2 is 1.94 bits per heavy atom. The molecule has 1 aromatic rings. The molecule has 1 saturated heterocycles. The van der Waals surface area contributed by atoms with Gasteiger partial charge in [-0.05, 0) is 17.7 Å². The molecule has 0 saturated carbocycles. The summed E-state index contributed by atoms with van der Waals surface area (Å²) in [5.74, 6) is 0.106. The molecule has 0 spiro atoms. The average molecular weight is 269 g/mol. The summed E-state index contributed by atoms with van der Waals surface area (Å²) in [4.78, 5) is 13.5. The van der Waals surface area contributed by atoms with Crippen LogP contribution in [-0.4, -0.2) is 48.9 Å². The Balaban J connectivity index is 1.97. The SMILES string of the molecule is O=C(Cc1cccc(O)c1)N1CCS(=O)(=O)CC1. The van der Waals surface area contributed by atoms with E-state index in [4.69, 9.17) is 0 Å². The summed E-state index contributed by atoms with van der Waals surface area (Å²) in [6, 6.07) is 6.52. The number of carbonyl (C=O) groups excluding carboxylic acids is 1. The first-order chi connectivity index (χ1) is 8.46. The fourth-order valence-corrected chi connectivity index (χ4v) is 3.12. The van der Waals surface area contributed by atoms with Crippen LogP contribution in [0, 0.1) is 0 Å². The number of sulfone groups is 1. The third kappa shape index (κ3) is 3.22. The van der Waals surface area contributed by atoms with Crippen LogP contribution in [0.1, 0.15) is 5.56 Å². The van der Waals surface area contributed by atoms with Gasteiger partial charge in [-0.1, -0.05) is 12.1 Å². The van der Waals surface area contributed by atoms with E-state index < -0.39 is 9.84 Å². The molecule has 0 unspecified atom stereocenters. The minimum atomic E-state index is -2.96. The van der Waals surface area contributed by atoms with Gasteiger partial charge in [-0.3, -0.25) is 4.79 Å². The van der Waals surface area contributed by atoms with Crippen molar-refractivity contribution in [2.24, 2.45) is 0 Å². The summed E-state index contributed by atoms with van der Waals surface area (Å²) in [5, 5.41) is 9.30. The van der Waals surface area contributed by atoms with Gasteiger partial charge in [0.1, 0.15) is 5.75 Å². The number of carbonyl (C=O) groups is 1. The van der Waals surface area contributed by atoms with Crippen molar-refractivity contribution >= 4 is 15.7 Å². The van der Waals surface area contributed by atoms with Crippen LogP contribution < -0.4 is 0 Å². The number of hydrogen-bond donors (Lipinski definition) is 1. The second-order valence-corrected chi connectivity index (χ2v) is 6.68. The van der Waals surface area contributed by atoms with Crippen molar-refractivity contribution in [2.45, 2.75) is 6.42 Å². The summed E-state index contributed by atoms with van der Waals surface area (Å²) >= 11 is 0. The molecule has 1 aromatic carbocycles. The van der Waals surface area contributed by atoms with E-state index in [1.54, 1.807) is 29.2 Å². The quantitative estimate of drug-likeness (QED) is 0.832.